The Morgan fingerprint density at radius 2 is 2.08 bits per heavy atom. The van der Waals surface area contributed by atoms with Crippen LogP contribution in [0, 0.1) is 12.8 Å². The largest absolute Gasteiger partial charge is 0.387 e. The molecule has 1 aromatic rings. The van der Waals surface area contributed by atoms with Gasteiger partial charge in [0.15, 0.2) is 0 Å². The van der Waals surface area contributed by atoms with Crippen molar-refractivity contribution in [3.63, 3.8) is 0 Å². The molecule has 1 N–H and O–H groups in total. The Labute approximate surface area is 85.6 Å². The summed E-state index contributed by atoms with van der Waals surface area (Å²) in [7, 11) is 0. The van der Waals surface area contributed by atoms with Crippen molar-refractivity contribution < 1.29 is 5.11 Å². The van der Waals surface area contributed by atoms with E-state index < -0.39 is 0 Å². The van der Waals surface area contributed by atoms with Gasteiger partial charge in [-0.3, -0.25) is 0 Å². The van der Waals surface area contributed by atoms with Crippen LogP contribution in [0.1, 0.15) is 29.7 Å². The average molecular weight is 249 g/mol. The molecule has 0 saturated heterocycles. The summed E-state index contributed by atoms with van der Waals surface area (Å²) in [5.74, 6) is 0.287. The maximum absolute atomic E-state index is 9.73. The maximum atomic E-state index is 9.73. The second-order valence-electron chi connectivity index (χ2n) is 3.24. The van der Waals surface area contributed by atoms with Gasteiger partial charge in [-0.25, -0.2) is 0 Å². The highest BCUT2D eigenvalue weighted by molar-refractivity contribution is 9.10. The summed E-state index contributed by atoms with van der Waals surface area (Å²) in [6.07, 6.45) is -0.319. The lowest BCUT2D eigenvalue weighted by Gasteiger charge is -2.11. The molecule has 0 aliphatic heterocycles. The molecule has 0 aliphatic carbocycles. The van der Waals surface area contributed by atoms with Crippen LogP contribution in [0.25, 0.3) is 0 Å². The summed E-state index contributed by atoms with van der Waals surface area (Å²) in [5, 5.41) is 9.73. The van der Waals surface area contributed by atoms with Crippen molar-refractivity contribution in [3.8, 4) is 0 Å². The quantitative estimate of drug-likeness (QED) is 0.850. The van der Waals surface area contributed by atoms with Crippen LogP contribution in [0.15, 0.2) is 10.5 Å². The third kappa shape index (κ3) is 2.09. The zero-order valence-corrected chi connectivity index (χ0v) is 9.87. The minimum absolute atomic E-state index is 0.287. The molecular formula is C9H13BrOS. The van der Waals surface area contributed by atoms with Gasteiger partial charge in [-0.2, -0.15) is 0 Å². The van der Waals surface area contributed by atoms with E-state index in [2.05, 4.69) is 15.9 Å². The number of aliphatic hydroxyl groups excluding tert-OH is 1. The van der Waals surface area contributed by atoms with Gasteiger partial charge < -0.3 is 5.11 Å². The third-order valence-corrected chi connectivity index (χ3v) is 4.01. The molecule has 0 aliphatic rings. The van der Waals surface area contributed by atoms with Crippen molar-refractivity contribution in [3.05, 3.63) is 20.3 Å². The molecule has 68 valence electrons. The first kappa shape index (κ1) is 10.2. The molecule has 0 amide bonds. The number of halogens is 1. The van der Waals surface area contributed by atoms with Crippen molar-refractivity contribution in [2.24, 2.45) is 5.92 Å². The van der Waals surface area contributed by atoms with E-state index in [0.717, 1.165) is 9.35 Å². The van der Waals surface area contributed by atoms with E-state index >= 15 is 0 Å². The SMILES string of the molecule is Cc1sc(C(O)C(C)C)cc1Br. The molecule has 1 rings (SSSR count). The van der Waals surface area contributed by atoms with Crippen molar-refractivity contribution in [1.82, 2.24) is 0 Å². The van der Waals surface area contributed by atoms with E-state index in [0.29, 0.717) is 0 Å². The second-order valence-corrected chi connectivity index (χ2v) is 5.38. The van der Waals surface area contributed by atoms with Gasteiger partial charge in [0.25, 0.3) is 0 Å². The van der Waals surface area contributed by atoms with Crippen molar-refractivity contribution in [2.45, 2.75) is 26.9 Å². The number of rotatable bonds is 2. The summed E-state index contributed by atoms with van der Waals surface area (Å²) in [6, 6.07) is 2.00. The van der Waals surface area contributed by atoms with Crippen LogP contribution in [0.3, 0.4) is 0 Å². The van der Waals surface area contributed by atoms with Gasteiger partial charge in [-0.05, 0) is 34.8 Å². The molecule has 3 heteroatoms. The van der Waals surface area contributed by atoms with Gasteiger partial charge in [0, 0.05) is 14.2 Å². The minimum Gasteiger partial charge on any atom is -0.387 e. The summed E-state index contributed by atoms with van der Waals surface area (Å²) < 4.78 is 1.10. The molecule has 1 heterocycles. The zero-order valence-electron chi connectivity index (χ0n) is 7.47. The monoisotopic (exact) mass is 248 g/mol. The number of aliphatic hydroxyl groups is 1. The smallest absolute Gasteiger partial charge is 0.0905 e. The van der Waals surface area contributed by atoms with E-state index in [-0.39, 0.29) is 12.0 Å². The lowest BCUT2D eigenvalue weighted by atomic mass is 10.1. The Morgan fingerprint density at radius 3 is 2.42 bits per heavy atom. The van der Waals surface area contributed by atoms with E-state index in [1.807, 2.05) is 26.8 Å². The first-order valence-corrected chi connectivity index (χ1v) is 5.57. The molecule has 0 spiro atoms. The minimum atomic E-state index is -0.319. The van der Waals surface area contributed by atoms with Gasteiger partial charge in [-0.15, -0.1) is 11.3 Å². The van der Waals surface area contributed by atoms with Crippen molar-refractivity contribution in [2.75, 3.05) is 0 Å². The lowest BCUT2D eigenvalue weighted by Crippen LogP contribution is -2.02. The molecule has 12 heavy (non-hydrogen) atoms. The second kappa shape index (κ2) is 3.90. The first-order chi connectivity index (χ1) is 5.52. The Hall–Kier alpha value is 0.140. The topological polar surface area (TPSA) is 20.2 Å². The molecule has 0 radical (unpaired) electrons. The fourth-order valence-corrected chi connectivity index (χ4v) is 2.68. The number of hydrogen-bond acceptors (Lipinski definition) is 2. The Morgan fingerprint density at radius 1 is 1.50 bits per heavy atom. The van der Waals surface area contributed by atoms with Gasteiger partial charge in [0.05, 0.1) is 6.10 Å². The highest BCUT2D eigenvalue weighted by atomic mass is 79.9. The van der Waals surface area contributed by atoms with E-state index in [1.54, 1.807) is 11.3 Å². The Balaban J connectivity index is 2.89. The third-order valence-electron chi connectivity index (χ3n) is 1.80. The highest BCUT2D eigenvalue weighted by Crippen LogP contribution is 2.33. The van der Waals surface area contributed by atoms with Gasteiger partial charge >= 0.3 is 0 Å². The van der Waals surface area contributed by atoms with E-state index in [9.17, 15) is 5.11 Å². The summed E-state index contributed by atoms with van der Waals surface area (Å²) >= 11 is 5.09. The van der Waals surface area contributed by atoms with E-state index in [4.69, 9.17) is 0 Å². The molecule has 0 bridgehead atoms. The van der Waals surface area contributed by atoms with Crippen LogP contribution in [-0.2, 0) is 0 Å². The van der Waals surface area contributed by atoms with Crippen molar-refractivity contribution in [1.29, 1.82) is 0 Å². The molecule has 1 atom stereocenters. The Bertz CT molecular complexity index is 248. The molecule has 1 unspecified atom stereocenters. The zero-order chi connectivity index (χ0) is 9.30. The van der Waals surface area contributed by atoms with Crippen LogP contribution < -0.4 is 0 Å². The fraction of sp³-hybridized carbons (Fsp3) is 0.556. The predicted molar refractivity (Wildman–Crippen MR) is 56.6 cm³/mol. The number of hydrogen-bond donors (Lipinski definition) is 1. The van der Waals surface area contributed by atoms with Gasteiger partial charge in [-0.1, -0.05) is 13.8 Å². The van der Waals surface area contributed by atoms with Crippen LogP contribution in [0.2, 0.25) is 0 Å². The molecule has 0 saturated carbocycles. The maximum Gasteiger partial charge on any atom is 0.0905 e. The normalized spacial score (nSPS) is 13.8. The van der Waals surface area contributed by atoms with E-state index in [1.165, 1.54) is 4.88 Å². The van der Waals surface area contributed by atoms with Crippen molar-refractivity contribution >= 4 is 27.3 Å². The first-order valence-electron chi connectivity index (χ1n) is 3.96. The Kier molecular flexibility index (Phi) is 3.32. The summed E-state index contributed by atoms with van der Waals surface area (Å²) in [6.45, 7) is 6.09. The predicted octanol–water partition coefficient (Wildman–Crippen LogP) is 3.51. The average Bonchev–Trinajstić information content (AvgIpc) is 2.30. The molecule has 1 aromatic heterocycles. The summed E-state index contributed by atoms with van der Waals surface area (Å²) in [5.41, 5.74) is 0. The lowest BCUT2D eigenvalue weighted by molar-refractivity contribution is 0.130. The molecule has 0 fully saturated rings. The highest BCUT2D eigenvalue weighted by Gasteiger charge is 2.15. The van der Waals surface area contributed by atoms with Crippen LogP contribution >= 0.6 is 27.3 Å². The molecule has 0 aromatic carbocycles. The van der Waals surface area contributed by atoms with Gasteiger partial charge in [0.1, 0.15) is 0 Å². The number of aryl methyl sites for hydroxylation is 1. The van der Waals surface area contributed by atoms with Crippen LogP contribution in [0.5, 0.6) is 0 Å². The van der Waals surface area contributed by atoms with Crippen LogP contribution in [-0.4, -0.2) is 5.11 Å². The molecular weight excluding hydrogens is 236 g/mol. The molecule has 1 nitrogen and oxygen atoms in total. The fourth-order valence-electron chi connectivity index (χ4n) is 0.956. The number of thiophene rings is 1. The summed E-state index contributed by atoms with van der Waals surface area (Å²) in [4.78, 5) is 2.28. The van der Waals surface area contributed by atoms with Crippen LogP contribution in [0.4, 0.5) is 0 Å². The van der Waals surface area contributed by atoms with Gasteiger partial charge in [0.2, 0.25) is 0 Å². The standard InChI is InChI=1S/C9H13BrOS/c1-5(2)9(11)8-4-7(10)6(3)12-8/h4-5,9,11H,1-3H3.